The molecule has 1 atom stereocenters. The molecule has 0 unspecified atom stereocenters. The molecule has 0 radical (unpaired) electrons. The van der Waals surface area contributed by atoms with E-state index in [9.17, 15) is 4.79 Å². The molecule has 1 amide bonds. The van der Waals surface area contributed by atoms with Crippen LogP contribution in [-0.2, 0) is 4.79 Å². The summed E-state index contributed by atoms with van der Waals surface area (Å²) in [6.07, 6.45) is 8.78. The zero-order valence-electron chi connectivity index (χ0n) is 11.3. The lowest BCUT2D eigenvalue weighted by atomic mass is 10.1. The Bertz CT molecular complexity index is 384. The zero-order valence-corrected chi connectivity index (χ0v) is 11.3. The maximum absolute atomic E-state index is 12.3. The van der Waals surface area contributed by atoms with Gasteiger partial charge in [0.1, 0.15) is 0 Å². The van der Waals surface area contributed by atoms with Crippen molar-refractivity contribution in [1.29, 1.82) is 0 Å². The molecule has 2 nitrogen and oxygen atoms in total. The van der Waals surface area contributed by atoms with Gasteiger partial charge in [-0.3, -0.25) is 4.79 Å². The van der Waals surface area contributed by atoms with Gasteiger partial charge in [0, 0.05) is 14.0 Å². The average molecular weight is 247 g/mol. The third kappa shape index (κ3) is 4.02. The first-order valence-corrected chi connectivity index (χ1v) is 6.46. The van der Waals surface area contributed by atoms with E-state index in [0.29, 0.717) is 12.5 Å². The number of carbonyl (C=O) groups is 1. The Morgan fingerprint density at radius 1 is 1.50 bits per heavy atom. The second-order valence-electron chi connectivity index (χ2n) is 4.90. The van der Waals surface area contributed by atoms with Crippen LogP contribution in [0.4, 0.5) is 0 Å². The summed E-state index contributed by atoms with van der Waals surface area (Å²) in [5.74, 6) is 0.187. The van der Waals surface area contributed by atoms with Gasteiger partial charge in [0.25, 0.3) is 0 Å². The zero-order chi connectivity index (χ0) is 13.5. The van der Waals surface area contributed by atoms with Crippen LogP contribution in [0.15, 0.2) is 49.1 Å². The van der Waals surface area contributed by atoms with Crippen molar-refractivity contribution in [3.63, 3.8) is 0 Å². The molecule has 2 heteroatoms. The molecule has 0 spiro atoms. The lowest BCUT2D eigenvalue weighted by Crippen LogP contribution is -2.35. The second-order valence-corrected chi connectivity index (χ2v) is 4.90. The molecule has 0 aliphatic carbocycles. The van der Waals surface area contributed by atoms with Gasteiger partial charge in [-0.15, -0.1) is 6.58 Å². The van der Waals surface area contributed by atoms with Crippen LogP contribution in [0, 0.1) is 0 Å². The number of amides is 1. The lowest BCUT2D eigenvalue weighted by molar-refractivity contribution is -0.131. The summed E-state index contributed by atoms with van der Waals surface area (Å²) >= 11 is 0. The molecule has 0 aromatic carbocycles. The summed E-state index contributed by atoms with van der Waals surface area (Å²) < 4.78 is 0. The second kappa shape index (κ2) is 7.00. The van der Waals surface area contributed by atoms with E-state index < -0.39 is 0 Å². The summed E-state index contributed by atoms with van der Waals surface area (Å²) in [6, 6.07) is 0.338. The standard InChI is InChI=1S/C16H23NO.H2/c1-5-8-14(6-2)12-16(18)17-10-7-9-15(17)11-13(3)4;/h5-6,8,15H,1-3,7,9-12H2,4H3;1H/b14-8+;/t15-;/m0./s1. The molecular weight excluding hydrogens is 222 g/mol. The first-order chi connectivity index (χ1) is 8.58. The molecule has 1 aliphatic rings. The summed E-state index contributed by atoms with van der Waals surface area (Å²) in [5, 5.41) is 0. The molecule has 1 aliphatic heterocycles. The number of hydrogen-bond acceptors (Lipinski definition) is 1. The van der Waals surface area contributed by atoms with Crippen LogP contribution < -0.4 is 0 Å². The van der Waals surface area contributed by atoms with Crippen LogP contribution >= 0.6 is 0 Å². The lowest BCUT2D eigenvalue weighted by Gasteiger charge is -2.25. The largest absolute Gasteiger partial charge is 0.339 e. The molecule has 18 heavy (non-hydrogen) atoms. The summed E-state index contributed by atoms with van der Waals surface area (Å²) in [4.78, 5) is 14.2. The number of likely N-dealkylation sites (tertiary alicyclic amines) is 1. The van der Waals surface area contributed by atoms with Gasteiger partial charge in [0.05, 0.1) is 6.42 Å². The van der Waals surface area contributed by atoms with E-state index in [2.05, 4.69) is 19.7 Å². The van der Waals surface area contributed by atoms with Crippen LogP contribution in [0.3, 0.4) is 0 Å². The normalized spacial score (nSPS) is 19.7. The SMILES string of the molecule is C=C/C=C(\C=C)CC(=O)N1CCC[C@H]1CC(=C)C.[HH]. The third-order valence-corrected chi connectivity index (χ3v) is 3.23. The highest BCUT2D eigenvalue weighted by atomic mass is 16.2. The number of hydrogen-bond donors (Lipinski definition) is 0. The first kappa shape index (κ1) is 14.5. The highest BCUT2D eigenvalue weighted by molar-refractivity contribution is 5.80. The quantitative estimate of drug-likeness (QED) is 0.515. The maximum atomic E-state index is 12.3. The smallest absolute Gasteiger partial charge is 0.227 e. The molecule has 0 saturated carbocycles. The molecule has 1 rings (SSSR count). The Hall–Kier alpha value is -1.57. The Morgan fingerprint density at radius 3 is 2.78 bits per heavy atom. The molecule has 100 valence electrons. The van der Waals surface area contributed by atoms with Gasteiger partial charge in [-0.05, 0) is 31.8 Å². The number of allylic oxidation sites excluding steroid dienone is 3. The Labute approximate surface area is 112 Å². The van der Waals surface area contributed by atoms with Gasteiger partial charge < -0.3 is 4.90 Å². The van der Waals surface area contributed by atoms with E-state index in [1.165, 1.54) is 0 Å². The fourth-order valence-corrected chi connectivity index (χ4v) is 2.41. The summed E-state index contributed by atoms with van der Waals surface area (Å²) in [7, 11) is 0. The van der Waals surface area contributed by atoms with E-state index in [1.807, 2.05) is 17.9 Å². The van der Waals surface area contributed by atoms with Crippen LogP contribution in [0.1, 0.15) is 34.0 Å². The Morgan fingerprint density at radius 2 is 2.22 bits per heavy atom. The third-order valence-electron chi connectivity index (χ3n) is 3.23. The fourth-order valence-electron chi connectivity index (χ4n) is 2.41. The van der Waals surface area contributed by atoms with Crippen molar-refractivity contribution in [3.8, 4) is 0 Å². The number of rotatable bonds is 6. The highest BCUT2D eigenvalue weighted by Gasteiger charge is 2.28. The van der Waals surface area contributed by atoms with Crippen LogP contribution in [-0.4, -0.2) is 23.4 Å². The van der Waals surface area contributed by atoms with E-state index >= 15 is 0 Å². The van der Waals surface area contributed by atoms with E-state index in [4.69, 9.17) is 0 Å². The molecule has 0 aromatic heterocycles. The minimum atomic E-state index is 0. The first-order valence-electron chi connectivity index (χ1n) is 6.46. The minimum Gasteiger partial charge on any atom is -0.339 e. The van der Waals surface area contributed by atoms with Crippen LogP contribution in [0.25, 0.3) is 0 Å². The molecule has 1 heterocycles. The van der Waals surface area contributed by atoms with Gasteiger partial charge >= 0.3 is 0 Å². The number of carbonyl (C=O) groups excluding carboxylic acids is 1. The van der Waals surface area contributed by atoms with Crippen molar-refractivity contribution < 1.29 is 6.22 Å². The van der Waals surface area contributed by atoms with Crippen molar-refractivity contribution in [1.82, 2.24) is 4.90 Å². The average Bonchev–Trinajstić information content (AvgIpc) is 2.75. The molecule has 1 saturated heterocycles. The predicted molar refractivity (Wildman–Crippen MR) is 79.4 cm³/mol. The molecule has 0 aromatic rings. The summed E-state index contributed by atoms with van der Waals surface area (Å²) in [5.41, 5.74) is 2.07. The van der Waals surface area contributed by atoms with E-state index in [0.717, 1.165) is 37.0 Å². The highest BCUT2D eigenvalue weighted by Crippen LogP contribution is 2.24. The van der Waals surface area contributed by atoms with Gasteiger partial charge in [-0.1, -0.05) is 37.0 Å². The predicted octanol–water partition coefficient (Wildman–Crippen LogP) is 3.88. The van der Waals surface area contributed by atoms with Gasteiger partial charge in [-0.25, -0.2) is 0 Å². The minimum absolute atomic E-state index is 0. The van der Waals surface area contributed by atoms with Crippen LogP contribution in [0.2, 0.25) is 0 Å². The van der Waals surface area contributed by atoms with Crippen molar-refractivity contribution in [2.24, 2.45) is 0 Å². The molecule has 0 N–H and O–H groups in total. The monoisotopic (exact) mass is 247 g/mol. The van der Waals surface area contributed by atoms with Gasteiger partial charge in [0.2, 0.25) is 5.91 Å². The van der Waals surface area contributed by atoms with Crippen LogP contribution in [0.5, 0.6) is 0 Å². The van der Waals surface area contributed by atoms with Crippen molar-refractivity contribution in [2.45, 2.75) is 38.6 Å². The van der Waals surface area contributed by atoms with Crippen molar-refractivity contribution >= 4 is 5.91 Å². The maximum Gasteiger partial charge on any atom is 0.227 e. The van der Waals surface area contributed by atoms with Crippen molar-refractivity contribution in [3.05, 3.63) is 49.1 Å². The van der Waals surface area contributed by atoms with Gasteiger partial charge in [0.15, 0.2) is 0 Å². The Balaban J connectivity index is 0.00000324. The molecular formula is C16H25NO. The van der Waals surface area contributed by atoms with Crippen molar-refractivity contribution in [2.75, 3.05) is 6.54 Å². The fraction of sp³-hybridized carbons (Fsp3) is 0.438. The Kier molecular flexibility index (Phi) is 5.63. The van der Waals surface area contributed by atoms with Gasteiger partial charge in [-0.2, -0.15) is 0 Å². The molecule has 0 bridgehead atoms. The summed E-state index contributed by atoms with van der Waals surface area (Å²) in [6.45, 7) is 14.2. The topological polar surface area (TPSA) is 20.3 Å². The van der Waals surface area contributed by atoms with E-state index in [1.54, 1.807) is 12.2 Å². The van der Waals surface area contributed by atoms with E-state index in [-0.39, 0.29) is 7.33 Å². The molecule has 1 fully saturated rings. The number of nitrogens with zero attached hydrogens (tertiary/aromatic N) is 1.